The summed E-state index contributed by atoms with van der Waals surface area (Å²) in [7, 11) is 0. The molecule has 1 aromatic carbocycles. The molecule has 7 nitrogen and oxygen atoms in total. The highest BCUT2D eigenvalue weighted by Crippen LogP contribution is 2.22. The largest absolute Gasteiger partial charge is 0.481 e. The minimum absolute atomic E-state index is 0.0399. The molecule has 0 spiro atoms. The SMILES string of the molecule is CC(C)(CSCC(NC(=O)OCc1ccccc1)C(=O)O)C(=O)O. The first-order valence-electron chi connectivity index (χ1n) is 7.23. The lowest BCUT2D eigenvalue weighted by atomic mass is 9.97. The molecule has 1 amide bonds. The van der Waals surface area contributed by atoms with E-state index < -0.39 is 29.5 Å². The summed E-state index contributed by atoms with van der Waals surface area (Å²) in [6.45, 7) is 3.15. The zero-order valence-corrected chi connectivity index (χ0v) is 14.3. The van der Waals surface area contributed by atoms with Crippen molar-refractivity contribution < 1.29 is 29.3 Å². The number of ether oxygens (including phenoxy) is 1. The van der Waals surface area contributed by atoms with Crippen LogP contribution in [-0.2, 0) is 20.9 Å². The number of benzene rings is 1. The summed E-state index contributed by atoms with van der Waals surface area (Å²) < 4.78 is 4.98. The Morgan fingerprint density at radius 3 is 2.38 bits per heavy atom. The van der Waals surface area contributed by atoms with Crippen molar-refractivity contribution in [2.45, 2.75) is 26.5 Å². The number of amides is 1. The van der Waals surface area contributed by atoms with Gasteiger partial charge in [-0.25, -0.2) is 9.59 Å². The Hall–Kier alpha value is -2.22. The topological polar surface area (TPSA) is 113 Å². The minimum Gasteiger partial charge on any atom is -0.481 e. The van der Waals surface area contributed by atoms with Crippen LogP contribution in [0.5, 0.6) is 0 Å². The van der Waals surface area contributed by atoms with Gasteiger partial charge in [-0.05, 0) is 19.4 Å². The third-order valence-electron chi connectivity index (χ3n) is 3.13. The molecule has 0 saturated heterocycles. The minimum atomic E-state index is -1.20. The summed E-state index contributed by atoms with van der Waals surface area (Å²) >= 11 is 1.15. The summed E-state index contributed by atoms with van der Waals surface area (Å²) in [6.07, 6.45) is -0.829. The van der Waals surface area contributed by atoms with Gasteiger partial charge in [0.25, 0.3) is 0 Å². The van der Waals surface area contributed by atoms with Gasteiger partial charge in [-0.2, -0.15) is 11.8 Å². The van der Waals surface area contributed by atoms with Gasteiger partial charge in [-0.3, -0.25) is 4.79 Å². The average Bonchev–Trinajstić information content (AvgIpc) is 2.52. The standard InChI is InChI=1S/C16H21NO6S/c1-16(2,14(20)21)10-24-9-12(13(18)19)17-15(22)23-8-11-6-4-3-5-7-11/h3-7,12H,8-10H2,1-2H3,(H,17,22)(H,18,19)(H,20,21). The van der Waals surface area contributed by atoms with E-state index in [0.717, 1.165) is 17.3 Å². The van der Waals surface area contributed by atoms with Crippen LogP contribution in [0.3, 0.4) is 0 Å². The molecule has 0 fully saturated rings. The molecule has 0 aliphatic rings. The summed E-state index contributed by atoms with van der Waals surface area (Å²) in [5, 5.41) is 20.4. The molecule has 24 heavy (non-hydrogen) atoms. The lowest BCUT2D eigenvalue weighted by Crippen LogP contribution is -2.43. The highest BCUT2D eigenvalue weighted by Gasteiger charge is 2.28. The Balaban J connectivity index is 2.43. The number of carbonyl (C=O) groups excluding carboxylic acids is 1. The summed E-state index contributed by atoms with van der Waals surface area (Å²) in [5.41, 5.74) is -0.182. The number of thioether (sulfide) groups is 1. The van der Waals surface area contributed by atoms with Gasteiger partial charge in [0.1, 0.15) is 12.6 Å². The fourth-order valence-electron chi connectivity index (χ4n) is 1.58. The first-order valence-corrected chi connectivity index (χ1v) is 8.39. The van der Waals surface area contributed by atoms with Crippen LogP contribution >= 0.6 is 11.8 Å². The van der Waals surface area contributed by atoms with E-state index in [9.17, 15) is 14.4 Å². The van der Waals surface area contributed by atoms with Crippen molar-refractivity contribution in [3.05, 3.63) is 35.9 Å². The Bertz CT molecular complexity index is 575. The predicted molar refractivity (Wildman–Crippen MR) is 89.9 cm³/mol. The van der Waals surface area contributed by atoms with E-state index in [2.05, 4.69) is 5.32 Å². The molecule has 0 heterocycles. The number of aliphatic carboxylic acids is 2. The molecule has 0 radical (unpaired) electrons. The fraction of sp³-hybridized carbons (Fsp3) is 0.438. The third kappa shape index (κ3) is 6.91. The number of hydrogen-bond acceptors (Lipinski definition) is 5. The van der Waals surface area contributed by atoms with E-state index in [1.54, 1.807) is 38.1 Å². The maximum atomic E-state index is 11.7. The van der Waals surface area contributed by atoms with Crippen LogP contribution in [0.1, 0.15) is 19.4 Å². The maximum absolute atomic E-state index is 11.7. The second kappa shape index (κ2) is 9.17. The molecule has 1 rings (SSSR count). The molecule has 8 heteroatoms. The number of hydrogen-bond donors (Lipinski definition) is 3. The quantitative estimate of drug-likeness (QED) is 0.622. The molecule has 1 atom stereocenters. The smallest absolute Gasteiger partial charge is 0.408 e. The number of carbonyl (C=O) groups is 3. The number of rotatable bonds is 9. The first kappa shape index (κ1) is 19.8. The Kier molecular flexibility index (Phi) is 7.57. The third-order valence-corrected chi connectivity index (χ3v) is 4.62. The number of carboxylic acids is 2. The van der Waals surface area contributed by atoms with Gasteiger partial charge >= 0.3 is 18.0 Å². The second-order valence-corrected chi connectivity index (χ2v) is 6.83. The normalized spacial score (nSPS) is 12.2. The van der Waals surface area contributed by atoms with Gasteiger partial charge in [0, 0.05) is 11.5 Å². The van der Waals surface area contributed by atoms with E-state index in [4.69, 9.17) is 14.9 Å². The highest BCUT2D eigenvalue weighted by molar-refractivity contribution is 7.99. The highest BCUT2D eigenvalue weighted by atomic mass is 32.2. The molecule has 1 unspecified atom stereocenters. The van der Waals surface area contributed by atoms with Crippen LogP contribution in [0.2, 0.25) is 0 Å². The van der Waals surface area contributed by atoms with Crippen LogP contribution < -0.4 is 5.32 Å². The zero-order valence-electron chi connectivity index (χ0n) is 13.5. The van der Waals surface area contributed by atoms with E-state index in [1.807, 2.05) is 6.07 Å². The Morgan fingerprint density at radius 2 is 1.83 bits per heavy atom. The molecule has 132 valence electrons. The van der Waals surface area contributed by atoms with Crippen molar-refractivity contribution in [2.24, 2.45) is 5.41 Å². The summed E-state index contributed by atoms with van der Waals surface area (Å²) in [6, 6.07) is 7.86. The lowest BCUT2D eigenvalue weighted by molar-refractivity contribution is -0.145. The monoisotopic (exact) mass is 355 g/mol. The van der Waals surface area contributed by atoms with E-state index in [0.29, 0.717) is 0 Å². The van der Waals surface area contributed by atoms with E-state index >= 15 is 0 Å². The maximum Gasteiger partial charge on any atom is 0.408 e. The van der Waals surface area contributed by atoms with E-state index in [1.165, 1.54) is 0 Å². The number of alkyl carbamates (subject to hydrolysis) is 1. The second-order valence-electron chi connectivity index (χ2n) is 5.80. The molecule has 0 saturated carbocycles. The van der Waals surface area contributed by atoms with Gasteiger partial charge in [0.15, 0.2) is 0 Å². The number of nitrogens with one attached hydrogen (secondary N) is 1. The summed E-state index contributed by atoms with van der Waals surface area (Å²) in [5.74, 6) is -1.89. The van der Waals surface area contributed by atoms with E-state index in [-0.39, 0.29) is 18.1 Å². The van der Waals surface area contributed by atoms with Crippen molar-refractivity contribution in [2.75, 3.05) is 11.5 Å². The van der Waals surface area contributed by atoms with Gasteiger partial charge in [0.05, 0.1) is 5.41 Å². The van der Waals surface area contributed by atoms with Crippen molar-refractivity contribution in [3.63, 3.8) is 0 Å². The average molecular weight is 355 g/mol. The van der Waals surface area contributed by atoms with Gasteiger partial charge in [-0.1, -0.05) is 30.3 Å². The van der Waals surface area contributed by atoms with Crippen LogP contribution in [0, 0.1) is 5.41 Å². The molecular formula is C16H21NO6S. The molecule has 0 aliphatic carbocycles. The molecule has 0 bridgehead atoms. The van der Waals surface area contributed by atoms with Gasteiger partial charge in [0.2, 0.25) is 0 Å². The molecule has 3 N–H and O–H groups in total. The van der Waals surface area contributed by atoms with Gasteiger partial charge < -0.3 is 20.3 Å². The van der Waals surface area contributed by atoms with Crippen LogP contribution in [0.4, 0.5) is 4.79 Å². The first-order chi connectivity index (χ1) is 11.2. The predicted octanol–water partition coefficient (Wildman–Crippen LogP) is 2.21. The van der Waals surface area contributed by atoms with Crippen LogP contribution in [0.25, 0.3) is 0 Å². The van der Waals surface area contributed by atoms with Crippen molar-refractivity contribution in [3.8, 4) is 0 Å². The fourth-order valence-corrected chi connectivity index (χ4v) is 2.79. The Labute approximate surface area is 144 Å². The lowest BCUT2D eigenvalue weighted by Gasteiger charge is -2.20. The number of carboxylic acid groups (broad SMARTS) is 2. The van der Waals surface area contributed by atoms with Crippen LogP contribution in [0.15, 0.2) is 30.3 Å². The molecule has 0 aromatic heterocycles. The van der Waals surface area contributed by atoms with Crippen molar-refractivity contribution >= 4 is 29.8 Å². The van der Waals surface area contributed by atoms with Gasteiger partial charge in [-0.15, -0.1) is 0 Å². The van der Waals surface area contributed by atoms with Crippen molar-refractivity contribution in [1.82, 2.24) is 5.32 Å². The summed E-state index contributed by atoms with van der Waals surface area (Å²) in [4.78, 5) is 33.9. The molecular weight excluding hydrogens is 334 g/mol. The Morgan fingerprint density at radius 1 is 1.21 bits per heavy atom. The molecule has 1 aromatic rings. The van der Waals surface area contributed by atoms with Crippen LogP contribution in [-0.4, -0.2) is 45.8 Å². The zero-order chi connectivity index (χ0) is 18.2. The van der Waals surface area contributed by atoms with Crippen molar-refractivity contribution in [1.29, 1.82) is 0 Å². The molecule has 0 aliphatic heterocycles.